The fourth-order valence-electron chi connectivity index (χ4n) is 2.30. The van der Waals surface area contributed by atoms with Gasteiger partial charge in [0.05, 0.1) is 6.61 Å². The molecule has 1 fully saturated rings. The van der Waals surface area contributed by atoms with E-state index in [1.807, 2.05) is 0 Å². The highest BCUT2D eigenvalue weighted by Crippen LogP contribution is 2.34. The number of imidazole rings is 1. The zero-order valence-corrected chi connectivity index (χ0v) is 10.5. The molecule has 7 N–H and O–H groups in total. The molecule has 1 aliphatic rings. The lowest BCUT2D eigenvalue weighted by Crippen LogP contribution is -2.33. The van der Waals surface area contributed by atoms with Crippen LogP contribution in [0.15, 0.2) is 4.79 Å². The normalized spacial score (nSPS) is 29.8. The van der Waals surface area contributed by atoms with Crippen molar-refractivity contribution in [2.24, 2.45) is 0 Å². The van der Waals surface area contributed by atoms with E-state index in [-0.39, 0.29) is 23.1 Å². The average molecular weight is 300 g/mol. The maximum absolute atomic E-state index is 11.8. The third kappa shape index (κ3) is 1.94. The topological polar surface area (TPSA) is 180 Å². The lowest BCUT2D eigenvalue weighted by molar-refractivity contribution is -0.0537. The first-order valence-electron chi connectivity index (χ1n) is 6.42. The number of rotatable bonds is 3. The number of ether oxygens (including phenoxy) is 1. The second-order valence-corrected chi connectivity index (χ2v) is 4.62. The Kier molecular flexibility index (Phi) is 2.78. The molecule has 2 aromatic rings. The second kappa shape index (κ2) is 4.66. The summed E-state index contributed by atoms with van der Waals surface area (Å²) < 4.78 is 13.4. The molecule has 4 atom stereocenters. The number of nitrogen functional groups attached to an aromatic ring is 1. The Morgan fingerprint density at radius 2 is 2.19 bits per heavy atom. The van der Waals surface area contributed by atoms with Crippen molar-refractivity contribution >= 4 is 17.1 Å². The van der Waals surface area contributed by atoms with Gasteiger partial charge in [-0.1, -0.05) is 0 Å². The lowest BCUT2D eigenvalue weighted by atomic mass is 10.1. The summed E-state index contributed by atoms with van der Waals surface area (Å²) >= 11 is 0. The van der Waals surface area contributed by atoms with Crippen molar-refractivity contribution in [2.45, 2.75) is 24.5 Å². The quantitative estimate of drug-likeness (QED) is 0.344. The molecule has 0 aliphatic carbocycles. The molecule has 11 heteroatoms. The Bertz CT molecular complexity index is 762. The van der Waals surface area contributed by atoms with Crippen LogP contribution >= 0.6 is 0 Å². The SMILES string of the molecule is [2H]Oc1nc2c(=O)[nH]c(N)nc2n1[C@@H]1O[C@H](CO)[C@@H](O)[C@H]1O. The Labute approximate surface area is 117 Å². The van der Waals surface area contributed by atoms with Gasteiger partial charge in [-0.05, 0) is 0 Å². The molecule has 0 amide bonds. The van der Waals surface area contributed by atoms with Gasteiger partial charge in [0.1, 0.15) is 18.3 Å². The molecule has 114 valence electrons. The van der Waals surface area contributed by atoms with Gasteiger partial charge in [-0.25, -0.2) is 4.57 Å². The average Bonchev–Trinajstić information content (AvgIpc) is 2.98. The number of nitrogens with two attached hydrogens (primary N) is 1. The lowest BCUT2D eigenvalue weighted by Gasteiger charge is -2.17. The van der Waals surface area contributed by atoms with Crippen LogP contribution in [-0.2, 0) is 4.74 Å². The van der Waals surface area contributed by atoms with Gasteiger partial charge >= 0.3 is 0 Å². The molecule has 0 unspecified atom stereocenters. The minimum absolute atomic E-state index is 0.0849. The van der Waals surface area contributed by atoms with Crippen LogP contribution in [-0.4, -0.2) is 66.3 Å². The Balaban J connectivity index is 2.20. The smallest absolute Gasteiger partial charge is 0.298 e. The van der Waals surface area contributed by atoms with Crippen LogP contribution in [0, 0.1) is 0 Å². The Hall–Kier alpha value is -2.21. The van der Waals surface area contributed by atoms with Crippen LogP contribution in [0.4, 0.5) is 5.95 Å². The number of aromatic nitrogens is 4. The van der Waals surface area contributed by atoms with Crippen molar-refractivity contribution in [3.05, 3.63) is 10.4 Å². The first-order chi connectivity index (χ1) is 10.5. The molecule has 2 aromatic heterocycles. The van der Waals surface area contributed by atoms with Gasteiger partial charge in [0, 0.05) is 0 Å². The minimum Gasteiger partial charge on any atom is -0.480 e. The Morgan fingerprint density at radius 3 is 2.81 bits per heavy atom. The number of nitrogens with one attached hydrogen (secondary N) is 1. The monoisotopic (exact) mass is 300 g/mol. The molecule has 21 heavy (non-hydrogen) atoms. The van der Waals surface area contributed by atoms with Crippen molar-refractivity contribution in [3.8, 4) is 6.01 Å². The summed E-state index contributed by atoms with van der Waals surface area (Å²) in [4.78, 5) is 21.7. The van der Waals surface area contributed by atoms with E-state index in [0.717, 1.165) is 4.57 Å². The highest BCUT2D eigenvalue weighted by molar-refractivity contribution is 5.72. The number of hydrogen-bond donors (Lipinski definition) is 6. The molecule has 3 rings (SSSR count). The Morgan fingerprint density at radius 1 is 1.43 bits per heavy atom. The van der Waals surface area contributed by atoms with Gasteiger partial charge in [-0.15, -0.1) is 0 Å². The van der Waals surface area contributed by atoms with Gasteiger partial charge in [-0.3, -0.25) is 9.78 Å². The molecule has 0 radical (unpaired) electrons. The van der Waals surface area contributed by atoms with Gasteiger partial charge in [0.2, 0.25) is 5.95 Å². The third-order valence-corrected chi connectivity index (χ3v) is 3.31. The van der Waals surface area contributed by atoms with E-state index in [1.165, 1.54) is 0 Å². The maximum Gasteiger partial charge on any atom is 0.298 e. The van der Waals surface area contributed by atoms with Crippen molar-refractivity contribution in [1.29, 1.82) is 1.43 Å². The maximum atomic E-state index is 11.8. The summed E-state index contributed by atoms with van der Waals surface area (Å²) in [5, 5.41) is 33.3. The highest BCUT2D eigenvalue weighted by Gasteiger charge is 2.45. The van der Waals surface area contributed by atoms with Crippen LogP contribution in [0.25, 0.3) is 11.2 Å². The summed E-state index contributed by atoms with van der Waals surface area (Å²) in [6.45, 7) is -0.533. The van der Waals surface area contributed by atoms with Gasteiger partial charge in [0.25, 0.3) is 13.0 Å². The van der Waals surface area contributed by atoms with Gasteiger partial charge in [0.15, 0.2) is 17.4 Å². The fourth-order valence-corrected chi connectivity index (χ4v) is 2.30. The molecule has 1 aliphatic heterocycles. The molecule has 3 heterocycles. The number of fused-ring (bicyclic) bond motifs is 1. The first kappa shape index (κ1) is 12.5. The van der Waals surface area contributed by atoms with E-state index in [0.29, 0.717) is 0 Å². The van der Waals surface area contributed by atoms with Crippen molar-refractivity contribution in [1.82, 2.24) is 19.5 Å². The summed E-state index contributed by atoms with van der Waals surface area (Å²) in [5.41, 5.74) is 4.55. The van der Waals surface area contributed by atoms with Gasteiger partial charge in [-0.2, -0.15) is 9.97 Å². The van der Waals surface area contributed by atoms with Crippen LogP contribution in [0.3, 0.4) is 0 Å². The number of hydrogen-bond acceptors (Lipinski definition) is 9. The molecular weight excluding hydrogens is 286 g/mol. The predicted molar refractivity (Wildman–Crippen MR) is 67.2 cm³/mol. The van der Waals surface area contributed by atoms with Crippen molar-refractivity contribution in [2.75, 3.05) is 12.3 Å². The van der Waals surface area contributed by atoms with Crippen molar-refractivity contribution < 1.29 is 25.2 Å². The largest absolute Gasteiger partial charge is 0.480 e. The zero-order chi connectivity index (χ0) is 16.0. The van der Waals surface area contributed by atoms with Crippen LogP contribution in [0.5, 0.6) is 6.01 Å². The van der Waals surface area contributed by atoms with Crippen LogP contribution < -0.4 is 11.3 Å². The highest BCUT2D eigenvalue weighted by atomic mass is 16.6. The second-order valence-electron chi connectivity index (χ2n) is 4.62. The molecule has 0 aromatic carbocycles. The minimum atomic E-state index is -1.45. The van der Waals surface area contributed by atoms with E-state index >= 15 is 0 Å². The number of aromatic amines is 1. The van der Waals surface area contributed by atoms with E-state index < -0.39 is 36.7 Å². The number of nitrogens with zero attached hydrogens (tertiary/aromatic N) is 3. The summed E-state index contributed by atoms with van der Waals surface area (Å²) in [6.07, 6.45) is -5.13. The molecular formula is C10H13N5O6. The first-order valence-corrected chi connectivity index (χ1v) is 6.01. The molecule has 11 nitrogen and oxygen atoms in total. The van der Waals surface area contributed by atoms with E-state index in [9.17, 15) is 15.0 Å². The molecule has 0 saturated carbocycles. The van der Waals surface area contributed by atoms with E-state index in [2.05, 4.69) is 20.1 Å². The molecule has 0 spiro atoms. The standard InChI is InChI=1S/C10H13N5O6/c11-9-13-6-3(7(19)14-9)12-10(20)15(6)8-5(18)4(17)2(1-16)21-8/h2,4-5,8,16-18H,1H2,(H,12,20)(H3,11,13,14,19)/t2-,4-,5-,8-/m1/s1/i/hD. The van der Waals surface area contributed by atoms with Crippen LogP contribution in [0.2, 0.25) is 0 Å². The van der Waals surface area contributed by atoms with E-state index in [1.54, 1.807) is 0 Å². The number of H-pyrrole nitrogens is 1. The fraction of sp³-hybridized carbons (Fsp3) is 0.500. The zero-order valence-electron chi connectivity index (χ0n) is 11.5. The predicted octanol–water partition coefficient (Wildman–Crippen LogP) is -2.98. The number of anilines is 1. The summed E-state index contributed by atoms with van der Waals surface area (Å²) in [7, 11) is 0. The summed E-state index contributed by atoms with van der Waals surface area (Å²) in [5.74, 6) is -0.207. The number of aromatic hydroxyl groups is 1. The summed E-state index contributed by atoms with van der Waals surface area (Å²) in [6, 6.07) is -0.381. The molecule has 1 saturated heterocycles. The number of aliphatic hydroxyl groups excluding tert-OH is 3. The van der Waals surface area contributed by atoms with E-state index in [4.69, 9.17) is 17.0 Å². The van der Waals surface area contributed by atoms with Crippen molar-refractivity contribution in [3.63, 3.8) is 0 Å². The van der Waals surface area contributed by atoms with Gasteiger partial charge < -0.3 is 30.9 Å². The van der Waals surface area contributed by atoms with Crippen LogP contribution in [0.1, 0.15) is 6.23 Å². The molecule has 0 bridgehead atoms. The number of aliphatic hydroxyl groups is 3. The third-order valence-electron chi connectivity index (χ3n) is 3.31.